The van der Waals surface area contributed by atoms with Gasteiger partial charge in [0.15, 0.2) is 5.65 Å². The van der Waals surface area contributed by atoms with E-state index < -0.39 is 11.7 Å². The number of pyridine rings is 1. The molecule has 0 saturated carbocycles. The van der Waals surface area contributed by atoms with Crippen molar-refractivity contribution in [3.63, 3.8) is 0 Å². The zero-order valence-electron chi connectivity index (χ0n) is 18.0. The molecular formula is C24H19F3N6O. The quantitative estimate of drug-likeness (QED) is 0.399. The van der Waals surface area contributed by atoms with Crippen LogP contribution in [-0.2, 0) is 12.6 Å². The largest absolute Gasteiger partial charge is 0.416 e. The number of amides is 1. The summed E-state index contributed by atoms with van der Waals surface area (Å²) in [7, 11) is 0. The monoisotopic (exact) mass is 464 g/mol. The molecule has 0 radical (unpaired) electrons. The third kappa shape index (κ3) is 4.09. The molecule has 1 amide bonds. The summed E-state index contributed by atoms with van der Waals surface area (Å²) < 4.78 is 40.5. The minimum Gasteiger partial charge on any atom is -0.351 e. The molecule has 3 aromatic heterocycles. The number of benzene rings is 2. The van der Waals surface area contributed by atoms with Crippen molar-refractivity contribution >= 4 is 22.6 Å². The Morgan fingerprint density at radius 2 is 1.82 bits per heavy atom. The molecule has 0 aliphatic heterocycles. The van der Waals surface area contributed by atoms with E-state index in [1.807, 2.05) is 24.3 Å². The number of nitrogens with zero attached hydrogens (tertiary/aromatic N) is 4. The standard InChI is InChI=1S/C24H19F3N6O/c1-14-31-32-22-18(23(34)28-11-10-21-29-19-4-2-3-5-20(19)30-21)12-16(13-33(14)22)15-6-8-17(9-7-15)24(25,26)27/h2-9,12-13H,10-11H2,1H3,(H,28,34)(H,29,30). The van der Waals surface area contributed by atoms with Gasteiger partial charge in [-0.15, -0.1) is 10.2 Å². The molecule has 3 heterocycles. The molecule has 0 unspecified atom stereocenters. The number of aromatic nitrogens is 5. The fourth-order valence-corrected chi connectivity index (χ4v) is 3.79. The number of fused-ring (bicyclic) bond motifs is 2. The molecule has 5 rings (SSSR count). The van der Waals surface area contributed by atoms with Crippen molar-refractivity contribution in [3.8, 4) is 11.1 Å². The maximum absolute atomic E-state index is 13.0. The van der Waals surface area contributed by atoms with Crippen LogP contribution in [0, 0.1) is 6.92 Å². The lowest BCUT2D eigenvalue weighted by atomic mass is 10.0. The van der Waals surface area contributed by atoms with E-state index in [0.717, 1.165) is 29.0 Å². The minimum atomic E-state index is -4.42. The van der Waals surface area contributed by atoms with Gasteiger partial charge in [-0.2, -0.15) is 13.2 Å². The highest BCUT2D eigenvalue weighted by Crippen LogP contribution is 2.31. The van der Waals surface area contributed by atoms with Crippen LogP contribution in [-0.4, -0.2) is 37.0 Å². The van der Waals surface area contributed by atoms with Crippen molar-refractivity contribution in [2.45, 2.75) is 19.5 Å². The molecule has 172 valence electrons. The molecule has 0 saturated heterocycles. The van der Waals surface area contributed by atoms with E-state index in [-0.39, 0.29) is 11.5 Å². The Kier molecular flexibility index (Phi) is 5.27. The van der Waals surface area contributed by atoms with Gasteiger partial charge >= 0.3 is 6.18 Å². The molecule has 7 nitrogen and oxygen atoms in total. The number of carbonyl (C=O) groups excluding carboxylic acids is 1. The summed E-state index contributed by atoms with van der Waals surface area (Å²) in [4.78, 5) is 20.7. The fraction of sp³-hybridized carbons (Fsp3) is 0.167. The molecule has 34 heavy (non-hydrogen) atoms. The van der Waals surface area contributed by atoms with Crippen molar-refractivity contribution in [1.29, 1.82) is 0 Å². The van der Waals surface area contributed by atoms with E-state index in [0.29, 0.717) is 35.6 Å². The molecule has 0 fully saturated rings. The van der Waals surface area contributed by atoms with Gasteiger partial charge in [-0.1, -0.05) is 24.3 Å². The predicted molar refractivity (Wildman–Crippen MR) is 120 cm³/mol. The van der Waals surface area contributed by atoms with Gasteiger partial charge < -0.3 is 10.3 Å². The lowest BCUT2D eigenvalue weighted by Gasteiger charge is -2.11. The van der Waals surface area contributed by atoms with Crippen molar-refractivity contribution in [2.24, 2.45) is 0 Å². The van der Waals surface area contributed by atoms with E-state index in [2.05, 4.69) is 25.5 Å². The van der Waals surface area contributed by atoms with Gasteiger partial charge in [0.05, 0.1) is 22.2 Å². The fourth-order valence-electron chi connectivity index (χ4n) is 3.79. The molecule has 0 atom stereocenters. The lowest BCUT2D eigenvalue weighted by molar-refractivity contribution is -0.137. The Hall–Kier alpha value is -4.21. The second-order valence-corrected chi connectivity index (χ2v) is 7.86. The second-order valence-electron chi connectivity index (χ2n) is 7.86. The Balaban J connectivity index is 1.40. The number of para-hydroxylation sites is 2. The van der Waals surface area contributed by atoms with Crippen LogP contribution < -0.4 is 5.32 Å². The highest BCUT2D eigenvalue weighted by molar-refractivity contribution is 6.01. The molecule has 2 N–H and O–H groups in total. The molecule has 0 bridgehead atoms. The van der Waals surface area contributed by atoms with Crippen LogP contribution in [0.15, 0.2) is 60.8 Å². The molecule has 5 aromatic rings. The van der Waals surface area contributed by atoms with Gasteiger partial charge in [0, 0.05) is 19.2 Å². The summed E-state index contributed by atoms with van der Waals surface area (Å²) in [5.41, 5.74) is 2.81. The number of carbonyl (C=O) groups is 1. The van der Waals surface area contributed by atoms with Gasteiger partial charge in [-0.3, -0.25) is 9.20 Å². The maximum Gasteiger partial charge on any atom is 0.416 e. The van der Waals surface area contributed by atoms with E-state index >= 15 is 0 Å². The van der Waals surface area contributed by atoms with E-state index in [9.17, 15) is 18.0 Å². The number of aryl methyl sites for hydroxylation is 1. The Morgan fingerprint density at radius 3 is 2.56 bits per heavy atom. The van der Waals surface area contributed by atoms with E-state index in [4.69, 9.17) is 0 Å². The predicted octanol–water partition coefficient (Wildman–Crippen LogP) is 4.57. The third-order valence-electron chi connectivity index (χ3n) is 5.55. The Labute approximate surface area is 191 Å². The molecule has 2 aromatic carbocycles. The van der Waals surface area contributed by atoms with Gasteiger partial charge in [0.25, 0.3) is 5.91 Å². The summed E-state index contributed by atoms with van der Waals surface area (Å²) >= 11 is 0. The maximum atomic E-state index is 13.0. The number of aromatic amines is 1. The van der Waals surface area contributed by atoms with Crippen LogP contribution in [0.2, 0.25) is 0 Å². The number of H-pyrrole nitrogens is 1. The number of rotatable bonds is 5. The number of hydrogen-bond donors (Lipinski definition) is 2. The summed E-state index contributed by atoms with van der Waals surface area (Å²) in [6.45, 7) is 2.07. The Bertz CT molecular complexity index is 1470. The van der Waals surface area contributed by atoms with Crippen LogP contribution in [0.25, 0.3) is 27.8 Å². The first kappa shape index (κ1) is 21.6. The number of imidazole rings is 1. The van der Waals surface area contributed by atoms with Gasteiger partial charge in [0.1, 0.15) is 11.6 Å². The van der Waals surface area contributed by atoms with E-state index in [1.165, 1.54) is 12.1 Å². The third-order valence-corrected chi connectivity index (χ3v) is 5.55. The van der Waals surface area contributed by atoms with Crippen molar-refractivity contribution in [2.75, 3.05) is 6.54 Å². The number of halogens is 3. The summed E-state index contributed by atoms with van der Waals surface area (Å²) in [6.07, 6.45) is -2.21. The van der Waals surface area contributed by atoms with Crippen LogP contribution in [0.4, 0.5) is 13.2 Å². The SMILES string of the molecule is Cc1nnc2c(C(=O)NCCc3nc4ccccc4[nH]3)cc(-c3ccc(C(F)(F)F)cc3)cn12. The van der Waals surface area contributed by atoms with Gasteiger partial charge in [0.2, 0.25) is 0 Å². The summed E-state index contributed by atoms with van der Waals surface area (Å²) in [5, 5.41) is 11.0. The van der Waals surface area contributed by atoms with Crippen LogP contribution in [0.1, 0.15) is 27.6 Å². The average Bonchev–Trinajstić information content (AvgIpc) is 3.41. The second kappa shape index (κ2) is 8.29. The van der Waals surface area contributed by atoms with E-state index in [1.54, 1.807) is 23.6 Å². The number of alkyl halides is 3. The first-order valence-corrected chi connectivity index (χ1v) is 10.5. The smallest absolute Gasteiger partial charge is 0.351 e. The summed E-state index contributed by atoms with van der Waals surface area (Å²) in [5.74, 6) is 0.950. The molecule has 10 heteroatoms. The average molecular weight is 464 g/mol. The van der Waals surface area contributed by atoms with Crippen molar-refractivity contribution in [3.05, 3.63) is 83.6 Å². The first-order valence-electron chi connectivity index (χ1n) is 10.5. The summed E-state index contributed by atoms with van der Waals surface area (Å²) in [6, 6.07) is 14.1. The van der Waals surface area contributed by atoms with Crippen molar-refractivity contribution in [1.82, 2.24) is 29.9 Å². The van der Waals surface area contributed by atoms with Crippen molar-refractivity contribution < 1.29 is 18.0 Å². The lowest BCUT2D eigenvalue weighted by Crippen LogP contribution is -2.26. The zero-order valence-corrected chi connectivity index (χ0v) is 18.0. The Morgan fingerprint density at radius 1 is 1.06 bits per heavy atom. The van der Waals surface area contributed by atoms with Gasteiger partial charge in [-0.05, 0) is 48.4 Å². The highest BCUT2D eigenvalue weighted by atomic mass is 19.4. The topological polar surface area (TPSA) is 88.0 Å². The van der Waals surface area contributed by atoms with Crippen LogP contribution in [0.5, 0.6) is 0 Å². The first-order chi connectivity index (χ1) is 16.3. The van der Waals surface area contributed by atoms with Crippen LogP contribution in [0.3, 0.4) is 0 Å². The van der Waals surface area contributed by atoms with Gasteiger partial charge in [-0.25, -0.2) is 4.98 Å². The molecule has 0 aliphatic carbocycles. The normalized spacial score (nSPS) is 11.9. The van der Waals surface area contributed by atoms with Crippen LogP contribution >= 0.6 is 0 Å². The zero-order chi connectivity index (χ0) is 23.9. The number of hydrogen-bond acceptors (Lipinski definition) is 4. The molecule has 0 aliphatic rings. The highest BCUT2D eigenvalue weighted by Gasteiger charge is 2.30. The number of nitrogens with one attached hydrogen (secondary N) is 2. The molecule has 0 spiro atoms. The molecular weight excluding hydrogens is 445 g/mol. The minimum absolute atomic E-state index is 0.280.